The summed E-state index contributed by atoms with van der Waals surface area (Å²) in [6.07, 6.45) is 2.54. The molecule has 0 aromatic rings. The molecule has 41 valence electrons. The van der Waals surface area contributed by atoms with Crippen molar-refractivity contribution in [2.75, 3.05) is 0 Å². The summed E-state index contributed by atoms with van der Waals surface area (Å²) < 4.78 is 0. The number of hydrogen-bond acceptors (Lipinski definition) is 0. The highest BCUT2D eigenvalue weighted by atomic mass is 14.7. The van der Waals surface area contributed by atoms with E-state index in [2.05, 4.69) is 6.58 Å². The lowest BCUT2D eigenvalue weighted by Crippen LogP contribution is -2.19. The van der Waals surface area contributed by atoms with E-state index in [1.165, 1.54) is 0 Å². The Morgan fingerprint density at radius 3 is 2.14 bits per heavy atom. The second-order valence-corrected chi connectivity index (χ2v) is 2.38. The zero-order valence-corrected chi connectivity index (χ0v) is 4.99. The second kappa shape index (κ2) is 2.12. The molecule has 0 aromatic heterocycles. The van der Waals surface area contributed by atoms with Gasteiger partial charge < -0.3 is 0 Å². The molecule has 0 bridgehead atoms. The smallest absolute Gasteiger partial charge is 0.0301 e. The van der Waals surface area contributed by atoms with Gasteiger partial charge in [0.25, 0.3) is 0 Å². The minimum Gasteiger partial charge on any atom is -0.251 e. The van der Waals surface area contributed by atoms with Gasteiger partial charge in [0.2, 0.25) is 0 Å². The van der Waals surface area contributed by atoms with Crippen LogP contribution in [0.2, 0.25) is 0 Å². The van der Waals surface area contributed by atoms with Gasteiger partial charge in [0.15, 0.2) is 0 Å². The van der Waals surface area contributed by atoms with Crippen LogP contribution in [0.5, 0.6) is 0 Å². The Morgan fingerprint density at radius 2 is 2.14 bits per heavy atom. The van der Waals surface area contributed by atoms with Crippen LogP contribution in [-0.2, 0) is 0 Å². The lowest BCUT2D eigenvalue weighted by Gasteiger charge is -2.12. The summed E-state index contributed by atoms with van der Waals surface area (Å²) >= 11 is 0. The SMILES string of the molecule is C=CCC(C)(C)[NH]. The van der Waals surface area contributed by atoms with Gasteiger partial charge >= 0.3 is 0 Å². The molecule has 0 aliphatic carbocycles. The first kappa shape index (κ1) is 6.70. The van der Waals surface area contributed by atoms with Crippen molar-refractivity contribution in [3.8, 4) is 0 Å². The van der Waals surface area contributed by atoms with Gasteiger partial charge in [0, 0.05) is 5.54 Å². The van der Waals surface area contributed by atoms with Crippen LogP contribution in [0.25, 0.3) is 0 Å². The van der Waals surface area contributed by atoms with E-state index < -0.39 is 0 Å². The molecular weight excluding hydrogens is 86.1 g/mol. The van der Waals surface area contributed by atoms with Crippen molar-refractivity contribution < 1.29 is 0 Å². The molecule has 0 amide bonds. The minimum absolute atomic E-state index is 0.318. The number of rotatable bonds is 2. The summed E-state index contributed by atoms with van der Waals surface area (Å²) in [7, 11) is 0. The van der Waals surface area contributed by atoms with Gasteiger partial charge in [0.05, 0.1) is 0 Å². The first-order valence-electron chi connectivity index (χ1n) is 2.42. The van der Waals surface area contributed by atoms with Crippen LogP contribution in [0, 0.1) is 0 Å². The molecular formula is C6H12N. The molecule has 1 nitrogen and oxygen atoms in total. The minimum atomic E-state index is -0.318. The maximum Gasteiger partial charge on any atom is 0.0301 e. The molecule has 0 aliphatic heterocycles. The van der Waals surface area contributed by atoms with Crippen LogP contribution in [0.4, 0.5) is 0 Å². The Morgan fingerprint density at radius 1 is 1.71 bits per heavy atom. The zero-order chi connectivity index (χ0) is 5.91. The van der Waals surface area contributed by atoms with E-state index in [0.717, 1.165) is 6.42 Å². The molecule has 0 aliphatic rings. The zero-order valence-electron chi connectivity index (χ0n) is 4.99. The fourth-order valence-corrected chi connectivity index (χ4v) is 0.361. The maximum atomic E-state index is 7.26. The van der Waals surface area contributed by atoms with E-state index in [0.29, 0.717) is 0 Å². The van der Waals surface area contributed by atoms with Crippen molar-refractivity contribution in [3.05, 3.63) is 12.7 Å². The van der Waals surface area contributed by atoms with Gasteiger partial charge in [-0.1, -0.05) is 6.08 Å². The van der Waals surface area contributed by atoms with Gasteiger partial charge in [-0.3, -0.25) is 5.73 Å². The second-order valence-electron chi connectivity index (χ2n) is 2.38. The molecule has 0 unspecified atom stereocenters. The third-order valence-electron chi connectivity index (χ3n) is 0.655. The van der Waals surface area contributed by atoms with E-state index in [9.17, 15) is 0 Å². The van der Waals surface area contributed by atoms with Crippen LogP contribution in [0.3, 0.4) is 0 Å². The molecule has 1 N–H and O–H groups in total. The predicted octanol–water partition coefficient (Wildman–Crippen LogP) is 1.62. The van der Waals surface area contributed by atoms with Gasteiger partial charge in [0.1, 0.15) is 0 Å². The van der Waals surface area contributed by atoms with Crippen molar-refractivity contribution >= 4 is 0 Å². The van der Waals surface area contributed by atoms with Crippen molar-refractivity contribution in [1.29, 1.82) is 0 Å². The lowest BCUT2D eigenvalue weighted by molar-refractivity contribution is 0.508. The van der Waals surface area contributed by atoms with Crippen LogP contribution in [0.1, 0.15) is 20.3 Å². The van der Waals surface area contributed by atoms with Crippen molar-refractivity contribution in [2.24, 2.45) is 0 Å². The Balaban J connectivity index is 3.34. The lowest BCUT2D eigenvalue weighted by atomic mass is 10.0. The van der Waals surface area contributed by atoms with E-state index in [-0.39, 0.29) is 5.54 Å². The quantitative estimate of drug-likeness (QED) is 0.469. The first-order chi connectivity index (χ1) is 3.06. The summed E-state index contributed by atoms with van der Waals surface area (Å²) in [6, 6.07) is 0. The van der Waals surface area contributed by atoms with E-state index in [1.54, 1.807) is 6.08 Å². The summed E-state index contributed by atoms with van der Waals surface area (Å²) in [4.78, 5) is 0. The van der Waals surface area contributed by atoms with Crippen molar-refractivity contribution in [1.82, 2.24) is 5.73 Å². The third-order valence-corrected chi connectivity index (χ3v) is 0.655. The third kappa shape index (κ3) is 5.70. The summed E-state index contributed by atoms with van der Waals surface area (Å²) in [5.41, 5.74) is 6.94. The summed E-state index contributed by atoms with van der Waals surface area (Å²) in [6.45, 7) is 7.27. The Labute approximate surface area is 45.2 Å². The maximum absolute atomic E-state index is 7.26. The highest BCUT2D eigenvalue weighted by Gasteiger charge is 2.06. The van der Waals surface area contributed by atoms with E-state index in [4.69, 9.17) is 5.73 Å². The average molecular weight is 98.2 g/mol. The molecule has 0 rings (SSSR count). The molecule has 0 atom stereocenters. The molecule has 0 saturated carbocycles. The Kier molecular flexibility index (Phi) is 2.03. The van der Waals surface area contributed by atoms with Gasteiger partial charge in [-0.25, -0.2) is 0 Å². The van der Waals surface area contributed by atoms with Gasteiger partial charge in [-0.15, -0.1) is 6.58 Å². The molecule has 0 saturated heterocycles. The van der Waals surface area contributed by atoms with E-state index in [1.807, 2.05) is 13.8 Å². The molecule has 0 heterocycles. The molecule has 0 aromatic carbocycles. The monoisotopic (exact) mass is 98.1 g/mol. The fourth-order valence-electron chi connectivity index (χ4n) is 0.361. The summed E-state index contributed by atoms with van der Waals surface area (Å²) in [5.74, 6) is 0. The van der Waals surface area contributed by atoms with Crippen LogP contribution in [-0.4, -0.2) is 5.54 Å². The van der Waals surface area contributed by atoms with Crippen LogP contribution < -0.4 is 5.73 Å². The van der Waals surface area contributed by atoms with E-state index >= 15 is 0 Å². The highest BCUT2D eigenvalue weighted by Crippen LogP contribution is 2.04. The first-order valence-corrected chi connectivity index (χ1v) is 2.42. The fraction of sp³-hybridized carbons (Fsp3) is 0.667. The average Bonchev–Trinajstić information content (AvgIpc) is 1.30. The molecule has 0 fully saturated rings. The molecule has 1 heteroatoms. The molecule has 7 heavy (non-hydrogen) atoms. The molecule has 0 spiro atoms. The van der Waals surface area contributed by atoms with Gasteiger partial charge in [-0.2, -0.15) is 0 Å². The predicted molar refractivity (Wildman–Crippen MR) is 32.0 cm³/mol. The van der Waals surface area contributed by atoms with Crippen LogP contribution in [0.15, 0.2) is 12.7 Å². The largest absolute Gasteiger partial charge is 0.251 e. The Bertz CT molecular complexity index is 59.1. The standard InChI is InChI=1S/C6H12N/c1-4-5-6(2,3)7/h4,7H,1,5H2,2-3H3. The van der Waals surface area contributed by atoms with Gasteiger partial charge in [-0.05, 0) is 20.3 Å². The molecule has 1 radical (unpaired) electrons. The highest BCUT2D eigenvalue weighted by molar-refractivity contribution is 4.81. The van der Waals surface area contributed by atoms with Crippen LogP contribution >= 0.6 is 0 Å². The summed E-state index contributed by atoms with van der Waals surface area (Å²) in [5, 5.41) is 0. The number of nitrogens with one attached hydrogen (secondary N) is 1. The normalized spacial score (nSPS) is 11.3. The van der Waals surface area contributed by atoms with Crippen molar-refractivity contribution in [3.63, 3.8) is 0 Å². The Hall–Kier alpha value is -0.300. The van der Waals surface area contributed by atoms with Crippen molar-refractivity contribution in [2.45, 2.75) is 25.8 Å². The number of hydrogen-bond donors (Lipinski definition) is 0. The topological polar surface area (TPSA) is 23.8 Å².